The number of rotatable bonds is 3. The third-order valence-corrected chi connectivity index (χ3v) is 4.07. The fourth-order valence-corrected chi connectivity index (χ4v) is 2.21. The zero-order valence-corrected chi connectivity index (χ0v) is 13.7. The summed E-state index contributed by atoms with van der Waals surface area (Å²) in [4.78, 5) is 12.0. The van der Waals surface area contributed by atoms with Crippen LogP contribution in [-0.2, 0) is 6.54 Å². The van der Waals surface area contributed by atoms with Crippen LogP contribution in [-0.4, -0.2) is 11.0 Å². The second-order valence-electron chi connectivity index (χ2n) is 4.18. The van der Waals surface area contributed by atoms with Crippen molar-refractivity contribution in [2.24, 2.45) is 0 Å². The molecule has 2 rings (SSSR count). The Bertz CT molecular complexity index is 626. The summed E-state index contributed by atoms with van der Waals surface area (Å²) >= 11 is 7.28. The molecule has 1 amide bonds. The number of carbonyl (C=O) groups excluding carboxylic acids is 1. The van der Waals surface area contributed by atoms with Gasteiger partial charge in [-0.15, -0.1) is 0 Å². The molecule has 0 atom stereocenters. The minimum Gasteiger partial charge on any atom is -0.467 e. The van der Waals surface area contributed by atoms with Crippen molar-refractivity contribution in [1.29, 1.82) is 0 Å². The topological polar surface area (TPSA) is 54.3 Å². The molecular weight excluding hydrogens is 387 g/mol. The fourth-order valence-electron chi connectivity index (χ4n) is 1.53. The lowest BCUT2D eigenvalue weighted by atomic mass is 10.1. The maximum atomic E-state index is 12.0. The van der Waals surface area contributed by atoms with E-state index in [2.05, 4.69) is 33.2 Å². The monoisotopic (exact) mass is 400 g/mol. The average molecular weight is 400 g/mol. The molecule has 1 aromatic carbocycles. The first-order chi connectivity index (χ1) is 9.56. The molecule has 0 saturated heterocycles. The maximum absolute atomic E-state index is 12.0. The molecule has 6 heteroatoms. The second-order valence-corrected chi connectivity index (χ2v) is 5.75. The normalized spacial score (nSPS) is 10.1. The van der Waals surface area contributed by atoms with Crippen molar-refractivity contribution < 1.29 is 9.21 Å². The molecular formula is C14H13IN2O2S. The number of aryl methyl sites for hydroxylation is 1. The van der Waals surface area contributed by atoms with E-state index in [1.54, 1.807) is 18.4 Å². The van der Waals surface area contributed by atoms with Crippen molar-refractivity contribution in [2.45, 2.75) is 13.5 Å². The van der Waals surface area contributed by atoms with Gasteiger partial charge < -0.3 is 9.73 Å². The molecule has 0 unspecified atom stereocenters. The molecule has 0 spiro atoms. The molecule has 0 aliphatic carbocycles. The van der Waals surface area contributed by atoms with Gasteiger partial charge in [-0.1, -0.05) is 6.07 Å². The van der Waals surface area contributed by atoms with Crippen molar-refractivity contribution in [1.82, 2.24) is 10.6 Å². The van der Waals surface area contributed by atoms with Crippen LogP contribution in [0.15, 0.2) is 41.0 Å². The summed E-state index contributed by atoms with van der Waals surface area (Å²) in [7, 11) is 0. The predicted octanol–water partition coefficient (Wildman–Crippen LogP) is 3.00. The molecule has 1 heterocycles. The van der Waals surface area contributed by atoms with Crippen molar-refractivity contribution >= 4 is 45.8 Å². The number of amides is 1. The third-order valence-electron chi connectivity index (χ3n) is 2.66. The van der Waals surface area contributed by atoms with Gasteiger partial charge >= 0.3 is 0 Å². The minimum atomic E-state index is -0.222. The zero-order chi connectivity index (χ0) is 14.5. The number of benzene rings is 1. The van der Waals surface area contributed by atoms with Crippen LogP contribution in [0.1, 0.15) is 21.7 Å². The Labute approximate surface area is 136 Å². The highest BCUT2D eigenvalue weighted by Gasteiger charge is 2.09. The molecule has 0 fully saturated rings. The third kappa shape index (κ3) is 4.04. The van der Waals surface area contributed by atoms with Gasteiger partial charge in [0.15, 0.2) is 5.11 Å². The molecule has 0 radical (unpaired) electrons. The van der Waals surface area contributed by atoms with E-state index >= 15 is 0 Å². The van der Waals surface area contributed by atoms with Crippen LogP contribution in [0.4, 0.5) is 0 Å². The number of furan rings is 1. The molecule has 0 bridgehead atoms. The lowest BCUT2D eigenvalue weighted by molar-refractivity contribution is 0.0976. The Hall–Kier alpha value is -1.41. The Balaban J connectivity index is 1.90. The van der Waals surface area contributed by atoms with Crippen molar-refractivity contribution in [3.8, 4) is 0 Å². The number of carbonyl (C=O) groups is 1. The van der Waals surface area contributed by atoms with Gasteiger partial charge in [0.25, 0.3) is 5.91 Å². The van der Waals surface area contributed by atoms with E-state index in [0.717, 1.165) is 14.9 Å². The van der Waals surface area contributed by atoms with E-state index in [1.807, 2.05) is 25.1 Å². The van der Waals surface area contributed by atoms with Gasteiger partial charge in [0.05, 0.1) is 12.8 Å². The molecule has 104 valence electrons. The van der Waals surface area contributed by atoms with E-state index in [0.29, 0.717) is 12.1 Å². The second kappa shape index (κ2) is 6.85. The van der Waals surface area contributed by atoms with E-state index in [9.17, 15) is 4.79 Å². The molecule has 0 aliphatic rings. The molecule has 1 aromatic heterocycles. The highest BCUT2D eigenvalue weighted by Crippen LogP contribution is 2.13. The predicted molar refractivity (Wildman–Crippen MR) is 89.5 cm³/mol. The molecule has 0 saturated carbocycles. The molecule has 2 aromatic rings. The summed E-state index contributed by atoms with van der Waals surface area (Å²) in [6.07, 6.45) is 1.59. The molecule has 20 heavy (non-hydrogen) atoms. The Kier molecular flexibility index (Phi) is 5.13. The van der Waals surface area contributed by atoms with Crippen molar-refractivity contribution in [3.05, 3.63) is 57.1 Å². The SMILES string of the molecule is Cc1ccc(C(=O)NC(=S)NCc2ccco2)cc1I. The van der Waals surface area contributed by atoms with Gasteiger partial charge in [-0.05, 0) is 71.6 Å². The van der Waals surface area contributed by atoms with Crippen molar-refractivity contribution in [3.63, 3.8) is 0 Å². The summed E-state index contributed by atoms with van der Waals surface area (Å²) < 4.78 is 6.21. The lowest BCUT2D eigenvalue weighted by Gasteiger charge is -2.09. The first kappa shape index (κ1) is 15.0. The van der Waals surface area contributed by atoms with Gasteiger partial charge in [0, 0.05) is 9.13 Å². The average Bonchev–Trinajstić information content (AvgIpc) is 2.92. The van der Waals surface area contributed by atoms with Gasteiger partial charge in [0.2, 0.25) is 0 Å². The number of halogens is 1. The highest BCUT2D eigenvalue weighted by molar-refractivity contribution is 14.1. The highest BCUT2D eigenvalue weighted by atomic mass is 127. The maximum Gasteiger partial charge on any atom is 0.257 e. The smallest absolute Gasteiger partial charge is 0.257 e. The molecule has 2 N–H and O–H groups in total. The largest absolute Gasteiger partial charge is 0.467 e. The van der Waals surface area contributed by atoms with Crippen molar-refractivity contribution in [2.75, 3.05) is 0 Å². The number of hydrogen-bond donors (Lipinski definition) is 2. The van der Waals surface area contributed by atoms with Crippen LogP contribution in [0.25, 0.3) is 0 Å². The van der Waals surface area contributed by atoms with Crippen LogP contribution in [0, 0.1) is 10.5 Å². The van der Waals surface area contributed by atoms with Gasteiger partial charge in [-0.3, -0.25) is 10.1 Å². The number of hydrogen-bond acceptors (Lipinski definition) is 3. The van der Waals surface area contributed by atoms with Gasteiger partial charge in [-0.2, -0.15) is 0 Å². The summed E-state index contributed by atoms with van der Waals surface area (Å²) in [5.41, 5.74) is 1.72. The summed E-state index contributed by atoms with van der Waals surface area (Å²) in [5.74, 6) is 0.534. The standard InChI is InChI=1S/C14H13IN2O2S/c1-9-4-5-10(7-12(9)15)13(18)17-14(20)16-8-11-3-2-6-19-11/h2-7H,8H2,1H3,(H2,16,17,18,20). The first-order valence-electron chi connectivity index (χ1n) is 5.94. The quantitative estimate of drug-likeness (QED) is 0.615. The molecule has 4 nitrogen and oxygen atoms in total. The first-order valence-corrected chi connectivity index (χ1v) is 7.42. The van der Waals surface area contributed by atoms with Gasteiger partial charge in [-0.25, -0.2) is 0 Å². The Morgan fingerprint density at radius 2 is 2.20 bits per heavy atom. The van der Waals surface area contributed by atoms with E-state index < -0.39 is 0 Å². The lowest BCUT2D eigenvalue weighted by Crippen LogP contribution is -2.38. The number of thiocarbonyl (C=S) groups is 1. The Morgan fingerprint density at radius 1 is 1.40 bits per heavy atom. The van der Waals surface area contributed by atoms with E-state index in [4.69, 9.17) is 16.6 Å². The Morgan fingerprint density at radius 3 is 2.85 bits per heavy atom. The van der Waals surface area contributed by atoms with Crippen LogP contribution < -0.4 is 10.6 Å². The fraction of sp³-hybridized carbons (Fsp3) is 0.143. The zero-order valence-electron chi connectivity index (χ0n) is 10.8. The van der Waals surface area contributed by atoms with E-state index in [-0.39, 0.29) is 11.0 Å². The van der Waals surface area contributed by atoms with Gasteiger partial charge in [0.1, 0.15) is 5.76 Å². The number of nitrogens with one attached hydrogen (secondary N) is 2. The summed E-state index contributed by atoms with van der Waals surface area (Å²) in [5, 5.41) is 5.84. The van der Waals surface area contributed by atoms with Crippen LogP contribution in [0.5, 0.6) is 0 Å². The van der Waals surface area contributed by atoms with Crippen LogP contribution in [0.2, 0.25) is 0 Å². The van der Waals surface area contributed by atoms with Crippen LogP contribution >= 0.6 is 34.8 Å². The van der Waals surface area contributed by atoms with Crippen LogP contribution in [0.3, 0.4) is 0 Å². The minimum absolute atomic E-state index is 0.222. The summed E-state index contributed by atoms with van der Waals surface area (Å²) in [6, 6.07) is 9.16. The van der Waals surface area contributed by atoms with E-state index in [1.165, 1.54) is 0 Å². The summed E-state index contributed by atoms with van der Waals surface area (Å²) in [6.45, 7) is 2.44. The molecule has 0 aliphatic heterocycles.